The molecule has 1 aliphatic carbocycles. The zero-order chi connectivity index (χ0) is 14.4. The first-order valence-electron chi connectivity index (χ1n) is 7.29. The standard InChI is InChI=1S/C16H22N2O2/c1-17-15(19)11-18-16(20)14-9-7-13(8-10-14)12-5-3-2-4-6-12/h7-10,12H,2-6,11H2,1H3,(H,17,19)(H,18,20). The summed E-state index contributed by atoms with van der Waals surface area (Å²) in [5, 5.41) is 5.07. The van der Waals surface area contributed by atoms with E-state index in [2.05, 4.69) is 10.6 Å². The van der Waals surface area contributed by atoms with Crippen molar-refractivity contribution < 1.29 is 9.59 Å². The molecule has 1 aromatic rings. The molecule has 2 amide bonds. The predicted molar refractivity (Wildman–Crippen MR) is 78.7 cm³/mol. The van der Waals surface area contributed by atoms with Gasteiger partial charge in [-0.2, -0.15) is 0 Å². The fraction of sp³-hybridized carbons (Fsp3) is 0.500. The number of carbonyl (C=O) groups excluding carboxylic acids is 2. The summed E-state index contributed by atoms with van der Waals surface area (Å²) in [7, 11) is 1.55. The summed E-state index contributed by atoms with van der Waals surface area (Å²) in [5.74, 6) is 0.243. The highest BCUT2D eigenvalue weighted by atomic mass is 16.2. The van der Waals surface area contributed by atoms with Crippen LogP contribution in [0.3, 0.4) is 0 Å². The van der Waals surface area contributed by atoms with Crippen molar-refractivity contribution in [2.75, 3.05) is 13.6 Å². The Morgan fingerprint density at radius 1 is 1.10 bits per heavy atom. The summed E-state index contributed by atoms with van der Waals surface area (Å²) in [6.07, 6.45) is 6.46. The van der Waals surface area contributed by atoms with Crippen molar-refractivity contribution >= 4 is 11.8 Å². The Morgan fingerprint density at radius 2 is 1.75 bits per heavy atom. The Morgan fingerprint density at radius 3 is 2.35 bits per heavy atom. The monoisotopic (exact) mass is 274 g/mol. The van der Waals surface area contributed by atoms with E-state index in [4.69, 9.17) is 0 Å². The molecule has 0 aliphatic heterocycles. The SMILES string of the molecule is CNC(=O)CNC(=O)c1ccc(C2CCCCC2)cc1. The van der Waals surface area contributed by atoms with Crippen molar-refractivity contribution in [2.24, 2.45) is 0 Å². The minimum Gasteiger partial charge on any atom is -0.358 e. The number of likely N-dealkylation sites (N-methyl/N-ethyl adjacent to an activating group) is 1. The normalized spacial score (nSPS) is 15.7. The molecule has 0 saturated heterocycles. The number of hydrogen-bond acceptors (Lipinski definition) is 2. The van der Waals surface area contributed by atoms with Gasteiger partial charge in [-0.25, -0.2) is 0 Å². The lowest BCUT2D eigenvalue weighted by Gasteiger charge is -2.22. The summed E-state index contributed by atoms with van der Waals surface area (Å²) < 4.78 is 0. The third kappa shape index (κ3) is 3.83. The summed E-state index contributed by atoms with van der Waals surface area (Å²) in [5.41, 5.74) is 1.93. The molecule has 20 heavy (non-hydrogen) atoms. The quantitative estimate of drug-likeness (QED) is 0.884. The molecule has 0 bridgehead atoms. The molecule has 0 spiro atoms. The van der Waals surface area contributed by atoms with Crippen molar-refractivity contribution in [3.8, 4) is 0 Å². The van der Waals surface area contributed by atoms with Crippen LogP contribution in [-0.4, -0.2) is 25.4 Å². The maximum atomic E-state index is 11.9. The molecule has 2 N–H and O–H groups in total. The van der Waals surface area contributed by atoms with Gasteiger partial charge in [0.05, 0.1) is 6.54 Å². The molecule has 1 saturated carbocycles. The van der Waals surface area contributed by atoms with Gasteiger partial charge in [0.25, 0.3) is 5.91 Å². The molecular formula is C16H22N2O2. The maximum absolute atomic E-state index is 11.9. The van der Waals surface area contributed by atoms with Crippen molar-refractivity contribution in [1.29, 1.82) is 0 Å². The van der Waals surface area contributed by atoms with Crippen LogP contribution in [0.25, 0.3) is 0 Å². The Bertz CT molecular complexity index is 462. The zero-order valence-electron chi connectivity index (χ0n) is 11.9. The van der Waals surface area contributed by atoms with Gasteiger partial charge in [0.2, 0.25) is 5.91 Å². The Balaban J connectivity index is 1.93. The zero-order valence-corrected chi connectivity index (χ0v) is 11.9. The highest BCUT2D eigenvalue weighted by molar-refractivity contribution is 5.96. The minimum atomic E-state index is -0.205. The highest BCUT2D eigenvalue weighted by Gasteiger charge is 2.15. The molecule has 0 atom stereocenters. The molecule has 4 heteroatoms. The van der Waals surface area contributed by atoms with Crippen LogP contribution in [0, 0.1) is 0 Å². The van der Waals surface area contributed by atoms with Crippen LogP contribution in [-0.2, 0) is 4.79 Å². The summed E-state index contributed by atoms with van der Waals surface area (Å²) in [6.45, 7) is 0.0136. The molecule has 0 heterocycles. The lowest BCUT2D eigenvalue weighted by Crippen LogP contribution is -2.35. The van der Waals surface area contributed by atoms with Crippen molar-refractivity contribution in [3.63, 3.8) is 0 Å². The average molecular weight is 274 g/mol. The van der Waals surface area contributed by atoms with Crippen LogP contribution < -0.4 is 10.6 Å². The molecule has 0 aromatic heterocycles. The van der Waals surface area contributed by atoms with Crippen LogP contribution in [0.4, 0.5) is 0 Å². The summed E-state index contributed by atoms with van der Waals surface area (Å²) in [6, 6.07) is 7.79. The highest BCUT2D eigenvalue weighted by Crippen LogP contribution is 2.32. The Hall–Kier alpha value is -1.84. The van der Waals surface area contributed by atoms with Crippen LogP contribution in [0.15, 0.2) is 24.3 Å². The fourth-order valence-corrected chi connectivity index (χ4v) is 2.69. The van der Waals surface area contributed by atoms with E-state index < -0.39 is 0 Å². The lowest BCUT2D eigenvalue weighted by molar-refractivity contribution is -0.119. The topological polar surface area (TPSA) is 58.2 Å². The van der Waals surface area contributed by atoms with Crippen molar-refractivity contribution in [3.05, 3.63) is 35.4 Å². The van der Waals surface area contributed by atoms with Gasteiger partial charge >= 0.3 is 0 Å². The smallest absolute Gasteiger partial charge is 0.251 e. The first-order valence-corrected chi connectivity index (χ1v) is 7.29. The van der Waals surface area contributed by atoms with Crippen LogP contribution in [0.2, 0.25) is 0 Å². The molecule has 2 rings (SSSR count). The van der Waals surface area contributed by atoms with E-state index in [-0.39, 0.29) is 18.4 Å². The number of rotatable bonds is 4. The maximum Gasteiger partial charge on any atom is 0.251 e. The summed E-state index contributed by atoms with van der Waals surface area (Å²) >= 11 is 0. The minimum absolute atomic E-state index is 0.0136. The van der Waals surface area contributed by atoms with Gasteiger partial charge in [-0.3, -0.25) is 9.59 Å². The van der Waals surface area contributed by atoms with Gasteiger partial charge in [-0.05, 0) is 36.5 Å². The molecule has 0 unspecified atom stereocenters. The third-order valence-electron chi connectivity index (χ3n) is 3.94. The van der Waals surface area contributed by atoms with Crippen LogP contribution in [0.1, 0.15) is 53.9 Å². The molecular weight excluding hydrogens is 252 g/mol. The van der Waals surface area contributed by atoms with Gasteiger partial charge in [0.15, 0.2) is 0 Å². The molecule has 1 aliphatic rings. The van der Waals surface area contributed by atoms with Crippen LogP contribution in [0.5, 0.6) is 0 Å². The molecule has 108 valence electrons. The lowest BCUT2D eigenvalue weighted by atomic mass is 9.84. The molecule has 1 aromatic carbocycles. The average Bonchev–Trinajstić information content (AvgIpc) is 2.53. The second kappa shape index (κ2) is 7.08. The van der Waals surface area contributed by atoms with Crippen LogP contribution >= 0.6 is 0 Å². The number of hydrogen-bond donors (Lipinski definition) is 2. The second-order valence-electron chi connectivity index (χ2n) is 5.31. The largest absolute Gasteiger partial charge is 0.358 e. The Kier molecular flexibility index (Phi) is 5.16. The number of amides is 2. The van der Waals surface area contributed by atoms with Crippen molar-refractivity contribution in [1.82, 2.24) is 10.6 Å². The second-order valence-corrected chi connectivity index (χ2v) is 5.31. The number of carbonyl (C=O) groups is 2. The molecule has 0 radical (unpaired) electrons. The van der Waals surface area contributed by atoms with Crippen molar-refractivity contribution in [2.45, 2.75) is 38.0 Å². The summed E-state index contributed by atoms with van der Waals surface area (Å²) in [4.78, 5) is 22.9. The van der Waals surface area contributed by atoms with E-state index in [0.29, 0.717) is 11.5 Å². The van der Waals surface area contributed by atoms with E-state index in [1.807, 2.05) is 24.3 Å². The van der Waals surface area contributed by atoms with E-state index in [9.17, 15) is 9.59 Å². The molecule has 1 fully saturated rings. The predicted octanol–water partition coefficient (Wildman–Crippen LogP) is 2.21. The van der Waals surface area contributed by atoms with Gasteiger partial charge < -0.3 is 10.6 Å². The van der Waals surface area contributed by atoms with E-state index in [1.54, 1.807) is 7.05 Å². The number of nitrogens with one attached hydrogen (secondary N) is 2. The van der Waals surface area contributed by atoms with Gasteiger partial charge in [0, 0.05) is 12.6 Å². The third-order valence-corrected chi connectivity index (χ3v) is 3.94. The first kappa shape index (κ1) is 14.6. The van der Waals surface area contributed by atoms with E-state index >= 15 is 0 Å². The Labute approximate surface area is 119 Å². The fourth-order valence-electron chi connectivity index (χ4n) is 2.69. The van der Waals surface area contributed by atoms with Gasteiger partial charge in [0.1, 0.15) is 0 Å². The van der Waals surface area contributed by atoms with E-state index in [1.165, 1.54) is 37.7 Å². The number of benzene rings is 1. The van der Waals surface area contributed by atoms with Gasteiger partial charge in [-0.15, -0.1) is 0 Å². The first-order chi connectivity index (χ1) is 9.70. The van der Waals surface area contributed by atoms with E-state index in [0.717, 1.165) is 0 Å². The molecule has 4 nitrogen and oxygen atoms in total. The van der Waals surface area contributed by atoms with Gasteiger partial charge in [-0.1, -0.05) is 31.4 Å².